The van der Waals surface area contributed by atoms with Crippen molar-refractivity contribution in [2.45, 2.75) is 51.0 Å². The van der Waals surface area contributed by atoms with E-state index in [-0.39, 0.29) is 5.92 Å². The van der Waals surface area contributed by atoms with Crippen LogP contribution in [-0.4, -0.2) is 35.1 Å². The van der Waals surface area contributed by atoms with Gasteiger partial charge < -0.3 is 5.11 Å². The van der Waals surface area contributed by atoms with Gasteiger partial charge in [-0.3, -0.25) is 9.69 Å². The summed E-state index contributed by atoms with van der Waals surface area (Å²) in [5.41, 5.74) is 0. The molecule has 2 atom stereocenters. The van der Waals surface area contributed by atoms with Gasteiger partial charge in [-0.25, -0.2) is 0 Å². The molecule has 0 unspecified atom stereocenters. The lowest BCUT2D eigenvalue weighted by Crippen LogP contribution is -2.47. The summed E-state index contributed by atoms with van der Waals surface area (Å²) in [4.78, 5) is 13.6. The fraction of sp³-hybridized carbons (Fsp3) is 0.917. The van der Waals surface area contributed by atoms with E-state index >= 15 is 0 Å². The molecule has 0 amide bonds. The Balaban J connectivity index is 1.99. The number of aliphatic carboxylic acids is 1. The molecule has 0 aromatic rings. The summed E-state index contributed by atoms with van der Waals surface area (Å²) in [5.74, 6) is -0.679. The van der Waals surface area contributed by atoms with Crippen molar-refractivity contribution in [1.82, 2.24) is 4.90 Å². The van der Waals surface area contributed by atoms with Gasteiger partial charge in [-0.15, -0.1) is 0 Å². The molecule has 0 aromatic carbocycles. The molecule has 2 aliphatic rings. The van der Waals surface area contributed by atoms with Gasteiger partial charge in [0.2, 0.25) is 0 Å². The minimum atomic E-state index is -0.578. The van der Waals surface area contributed by atoms with Gasteiger partial charge in [-0.2, -0.15) is 0 Å². The Kier molecular flexibility index (Phi) is 3.62. The third kappa shape index (κ3) is 2.51. The molecule has 3 nitrogen and oxygen atoms in total. The summed E-state index contributed by atoms with van der Waals surface area (Å²) in [6, 6.07) is 0.330. The van der Waals surface area contributed by atoms with Crippen molar-refractivity contribution in [3.8, 4) is 0 Å². The Morgan fingerprint density at radius 2 is 1.67 bits per heavy atom. The summed E-state index contributed by atoms with van der Waals surface area (Å²) in [6.07, 6.45) is 8.12. The van der Waals surface area contributed by atoms with Crippen LogP contribution < -0.4 is 0 Å². The smallest absolute Gasteiger partial charge is 0.308 e. The molecule has 86 valence electrons. The molecule has 1 aliphatic heterocycles. The van der Waals surface area contributed by atoms with Crippen LogP contribution >= 0.6 is 0 Å². The summed E-state index contributed by atoms with van der Waals surface area (Å²) < 4.78 is 0. The van der Waals surface area contributed by atoms with Gasteiger partial charge in [0, 0.05) is 6.04 Å². The number of carboxylic acids is 1. The van der Waals surface area contributed by atoms with Crippen LogP contribution in [0.5, 0.6) is 0 Å². The lowest BCUT2D eigenvalue weighted by Gasteiger charge is -2.40. The fourth-order valence-corrected chi connectivity index (χ4v) is 3.09. The lowest BCUT2D eigenvalue weighted by molar-refractivity contribution is -0.145. The zero-order chi connectivity index (χ0) is 10.7. The molecule has 15 heavy (non-hydrogen) atoms. The highest BCUT2D eigenvalue weighted by Gasteiger charge is 2.34. The summed E-state index contributed by atoms with van der Waals surface area (Å²) in [5, 5.41) is 9.21. The summed E-state index contributed by atoms with van der Waals surface area (Å²) in [7, 11) is 0. The molecular formula is C12H21NO2. The van der Waals surface area contributed by atoms with E-state index in [4.69, 9.17) is 0 Å². The Morgan fingerprint density at radius 1 is 1.00 bits per heavy atom. The molecule has 2 fully saturated rings. The van der Waals surface area contributed by atoms with Crippen LogP contribution in [0.4, 0.5) is 0 Å². The van der Waals surface area contributed by atoms with Crippen LogP contribution in [0.15, 0.2) is 0 Å². The summed E-state index contributed by atoms with van der Waals surface area (Å²) >= 11 is 0. The highest BCUT2D eigenvalue weighted by molar-refractivity contribution is 5.71. The van der Waals surface area contributed by atoms with E-state index in [0.717, 1.165) is 32.4 Å². The zero-order valence-corrected chi connectivity index (χ0v) is 9.32. The Labute approximate surface area is 91.5 Å². The largest absolute Gasteiger partial charge is 0.481 e. The van der Waals surface area contributed by atoms with Crippen molar-refractivity contribution in [1.29, 1.82) is 0 Å². The first-order valence-electron chi connectivity index (χ1n) is 6.26. The van der Waals surface area contributed by atoms with Crippen molar-refractivity contribution in [3.05, 3.63) is 0 Å². The molecular weight excluding hydrogens is 190 g/mol. The molecule has 1 heterocycles. The predicted octanol–water partition coefficient (Wildman–Crippen LogP) is 2.12. The van der Waals surface area contributed by atoms with Crippen LogP contribution in [0.25, 0.3) is 0 Å². The molecule has 3 heteroatoms. The SMILES string of the molecule is O=C(O)[C@H]1CCCC[C@H]1N1CCCCC1. The van der Waals surface area contributed by atoms with Crippen LogP contribution in [0.3, 0.4) is 0 Å². The van der Waals surface area contributed by atoms with Crippen LogP contribution in [0.2, 0.25) is 0 Å². The Bertz CT molecular complexity index is 224. The number of carbonyl (C=O) groups is 1. The topological polar surface area (TPSA) is 40.5 Å². The van der Waals surface area contributed by atoms with Crippen molar-refractivity contribution in [2.24, 2.45) is 5.92 Å². The average molecular weight is 211 g/mol. The van der Waals surface area contributed by atoms with Gasteiger partial charge in [0.15, 0.2) is 0 Å². The molecule has 1 saturated heterocycles. The van der Waals surface area contributed by atoms with Crippen molar-refractivity contribution >= 4 is 5.97 Å². The van der Waals surface area contributed by atoms with Crippen LogP contribution in [0.1, 0.15) is 44.9 Å². The predicted molar refractivity (Wildman–Crippen MR) is 58.8 cm³/mol. The number of piperidine rings is 1. The molecule has 0 spiro atoms. The van der Waals surface area contributed by atoms with Crippen molar-refractivity contribution in [3.63, 3.8) is 0 Å². The highest BCUT2D eigenvalue weighted by Crippen LogP contribution is 2.30. The van der Waals surface area contributed by atoms with Gasteiger partial charge in [-0.1, -0.05) is 19.3 Å². The first-order chi connectivity index (χ1) is 7.29. The highest BCUT2D eigenvalue weighted by atomic mass is 16.4. The van der Waals surface area contributed by atoms with Gasteiger partial charge in [0.25, 0.3) is 0 Å². The Morgan fingerprint density at radius 3 is 2.33 bits per heavy atom. The molecule has 2 rings (SSSR count). The van der Waals surface area contributed by atoms with E-state index in [9.17, 15) is 9.90 Å². The Hall–Kier alpha value is -0.570. The number of nitrogens with zero attached hydrogens (tertiary/aromatic N) is 1. The van der Waals surface area contributed by atoms with E-state index in [2.05, 4.69) is 4.90 Å². The quantitative estimate of drug-likeness (QED) is 0.760. The number of likely N-dealkylation sites (tertiary alicyclic amines) is 1. The number of hydrogen-bond donors (Lipinski definition) is 1. The second-order valence-electron chi connectivity index (χ2n) is 4.89. The minimum absolute atomic E-state index is 0.100. The van der Waals surface area contributed by atoms with E-state index in [1.165, 1.54) is 25.7 Å². The maximum Gasteiger partial charge on any atom is 0.308 e. The molecule has 1 N–H and O–H groups in total. The molecule has 1 aliphatic carbocycles. The maximum atomic E-state index is 11.2. The zero-order valence-electron chi connectivity index (χ0n) is 9.32. The van der Waals surface area contributed by atoms with E-state index in [1.807, 2.05) is 0 Å². The number of hydrogen-bond acceptors (Lipinski definition) is 2. The van der Waals surface area contributed by atoms with E-state index < -0.39 is 5.97 Å². The third-order valence-electron chi connectivity index (χ3n) is 3.91. The van der Waals surface area contributed by atoms with Crippen LogP contribution in [0, 0.1) is 5.92 Å². The second kappa shape index (κ2) is 4.97. The fourth-order valence-electron chi connectivity index (χ4n) is 3.09. The van der Waals surface area contributed by atoms with Gasteiger partial charge >= 0.3 is 5.97 Å². The normalized spacial score (nSPS) is 33.9. The molecule has 0 radical (unpaired) electrons. The first-order valence-corrected chi connectivity index (χ1v) is 6.26. The minimum Gasteiger partial charge on any atom is -0.481 e. The molecule has 0 bridgehead atoms. The second-order valence-corrected chi connectivity index (χ2v) is 4.89. The lowest BCUT2D eigenvalue weighted by atomic mass is 9.83. The molecule has 0 aromatic heterocycles. The summed E-state index contributed by atoms with van der Waals surface area (Å²) in [6.45, 7) is 2.24. The van der Waals surface area contributed by atoms with Gasteiger partial charge in [-0.05, 0) is 38.8 Å². The monoisotopic (exact) mass is 211 g/mol. The standard InChI is InChI=1S/C12H21NO2/c14-12(15)10-6-2-3-7-11(10)13-8-4-1-5-9-13/h10-11H,1-9H2,(H,14,15)/t10-,11+/m0/s1. The number of carboxylic acid groups (broad SMARTS) is 1. The molecule has 1 saturated carbocycles. The average Bonchev–Trinajstić information content (AvgIpc) is 2.30. The third-order valence-corrected chi connectivity index (χ3v) is 3.91. The van der Waals surface area contributed by atoms with Crippen LogP contribution in [-0.2, 0) is 4.79 Å². The van der Waals surface area contributed by atoms with Crippen molar-refractivity contribution < 1.29 is 9.90 Å². The van der Waals surface area contributed by atoms with Crippen molar-refractivity contribution in [2.75, 3.05) is 13.1 Å². The maximum absolute atomic E-state index is 11.2. The van der Waals surface area contributed by atoms with E-state index in [1.54, 1.807) is 0 Å². The number of rotatable bonds is 2. The van der Waals surface area contributed by atoms with E-state index in [0.29, 0.717) is 6.04 Å². The van der Waals surface area contributed by atoms with Gasteiger partial charge in [0.1, 0.15) is 0 Å². The first kappa shape index (κ1) is 10.9. The van der Waals surface area contributed by atoms with Gasteiger partial charge in [0.05, 0.1) is 5.92 Å².